The van der Waals surface area contributed by atoms with Crippen molar-refractivity contribution in [2.75, 3.05) is 6.54 Å². The van der Waals surface area contributed by atoms with Gasteiger partial charge in [-0.25, -0.2) is 0 Å². The monoisotopic (exact) mass is 399 g/mol. The molecule has 1 N–H and O–H groups in total. The van der Waals surface area contributed by atoms with Crippen molar-refractivity contribution in [2.45, 2.75) is 83.5 Å². The van der Waals surface area contributed by atoms with Crippen LogP contribution in [0, 0.1) is 39.9 Å². The van der Waals surface area contributed by atoms with Crippen LogP contribution in [0.25, 0.3) is 0 Å². The number of fused-ring (bicyclic) bond motifs is 3. The van der Waals surface area contributed by atoms with Crippen molar-refractivity contribution in [1.82, 2.24) is 4.90 Å². The Bertz CT molecular complexity index is 843. The second-order valence-corrected chi connectivity index (χ2v) is 11.5. The Kier molecular flexibility index (Phi) is 3.02. The average Bonchev–Trinajstić information content (AvgIpc) is 3.15. The number of aliphatic hydroxyl groups excluding tert-OH is 1. The van der Waals surface area contributed by atoms with E-state index in [4.69, 9.17) is 9.47 Å². The molecule has 12 atom stereocenters. The molecule has 0 aromatic carbocycles. The van der Waals surface area contributed by atoms with Crippen LogP contribution < -0.4 is 0 Å². The number of carbonyl (C=O) groups excluding carboxylic acids is 1. The van der Waals surface area contributed by atoms with Crippen LogP contribution in [0.3, 0.4) is 0 Å². The Morgan fingerprint density at radius 3 is 2.90 bits per heavy atom. The molecule has 10 rings (SSSR count). The van der Waals surface area contributed by atoms with Gasteiger partial charge in [0.15, 0.2) is 0 Å². The highest BCUT2D eigenvalue weighted by Gasteiger charge is 2.90. The summed E-state index contributed by atoms with van der Waals surface area (Å²) in [7, 11) is 0. The third kappa shape index (κ3) is 1.49. The zero-order valence-corrected chi connectivity index (χ0v) is 17.8. The molecule has 0 aromatic heterocycles. The highest BCUT2D eigenvalue weighted by molar-refractivity contribution is 5.66. The lowest BCUT2D eigenvalue weighted by atomic mass is 9.37. The van der Waals surface area contributed by atoms with Crippen LogP contribution in [0.5, 0.6) is 0 Å². The summed E-state index contributed by atoms with van der Waals surface area (Å²) in [6, 6.07) is 0.456. The molecule has 4 saturated heterocycles. The fourth-order valence-corrected chi connectivity index (χ4v) is 10.9. The summed E-state index contributed by atoms with van der Waals surface area (Å²) < 4.78 is 13.0. The Hall–Kier alpha value is -0.910. The molecule has 2 spiro atoms. The molecule has 6 saturated carbocycles. The largest absolute Gasteiger partial charge is 0.462 e. The molecule has 4 heterocycles. The van der Waals surface area contributed by atoms with E-state index in [0.717, 1.165) is 31.4 Å². The molecule has 29 heavy (non-hydrogen) atoms. The first-order valence-corrected chi connectivity index (χ1v) is 11.8. The first-order chi connectivity index (χ1) is 13.8. The molecule has 10 fully saturated rings. The maximum atomic E-state index is 12.2. The molecule has 9 bridgehead atoms. The van der Waals surface area contributed by atoms with Crippen molar-refractivity contribution in [3.8, 4) is 0 Å². The van der Waals surface area contributed by atoms with Gasteiger partial charge in [-0.2, -0.15) is 0 Å². The third-order valence-electron chi connectivity index (χ3n) is 11.2. The maximum Gasteiger partial charge on any atom is 0.302 e. The third-order valence-corrected chi connectivity index (χ3v) is 11.2. The van der Waals surface area contributed by atoms with E-state index in [-0.39, 0.29) is 52.5 Å². The van der Waals surface area contributed by atoms with Crippen LogP contribution in [0.1, 0.15) is 52.9 Å². The number of nitrogens with zero attached hydrogens (tertiary/aromatic N) is 1. The number of hydrogen-bond acceptors (Lipinski definition) is 5. The van der Waals surface area contributed by atoms with Crippen molar-refractivity contribution in [1.29, 1.82) is 0 Å². The van der Waals surface area contributed by atoms with E-state index in [1.54, 1.807) is 6.92 Å². The lowest BCUT2D eigenvalue weighted by Crippen LogP contribution is -2.80. The number of hydrogen-bond donors (Lipinski definition) is 1. The first kappa shape index (κ1) is 17.7. The van der Waals surface area contributed by atoms with Gasteiger partial charge in [-0.15, -0.1) is 0 Å². The van der Waals surface area contributed by atoms with Crippen molar-refractivity contribution in [3.05, 3.63) is 12.2 Å². The van der Waals surface area contributed by atoms with E-state index < -0.39 is 6.10 Å². The van der Waals surface area contributed by atoms with Crippen molar-refractivity contribution >= 4 is 5.97 Å². The van der Waals surface area contributed by atoms with E-state index >= 15 is 0 Å². The van der Waals surface area contributed by atoms with Crippen molar-refractivity contribution < 1.29 is 19.4 Å². The minimum Gasteiger partial charge on any atom is -0.462 e. The summed E-state index contributed by atoms with van der Waals surface area (Å²) in [4.78, 5) is 14.9. The van der Waals surface area contributed by atoms with Gasteiger partial charge in [-0.3, -0.25) is 9.69 Å². The number of carbonyl (C=O) groups is 1. The van der Waals surface area contributed by atoms with Crippen LogP contribution >= 0.6 is 0 Å². The summed E-state index contributed by atoms with van der Waals surface area (Å²) in [5, 5.41) is 11.6. The van der Waals surface area contributed by atoms with Gasteiger partial charge >= 0.3 is 5.97 Å². The van der Waals surface area contributed by atoms with E-state index in [9.17, 15) is 9.90 Å². The summed E-state index contributed by atoms with van der Waals surface area (Å²) in [5.74, 6) is 1.18. The minimum absolute atomic E-state index is 0.0168. The number of aliphatic hydroxyl groups is 1. The predicted molar refractivity (Wildman–Crippen MR) is 106 cm³/mol. The smallest absolute Gasteiger partial charge is 0.302 e. The summed E-state index contributed by atoms with van der Waals surface area (Å²) in [5.41, 5.74) is 0.923. The molecule has 10 aliphatic rings. The fourth-order valence-electron chi connectivity index (χ4n) is 10.9. The van der Waals surface area contributed by atoms with Crippen molar-refractivity contribution in [2.24, 2.45) is 39.9 Å². The molecule has 0 amide bonds. The Morgan fingerprint density at radius 2 is 2.17 bits per heavy atom. The van der Waals surface area contributed by atoms with Gasteiger partial charge in [0.1, 0.15) is 12.3 Å². The van der Waals surface area contributed by atoms with Crippen LogP contribution in [0.4, 0.5) is 0 Å². The fraction of sp³-hybridized carbons (Fsp3) is 0.875. The number of rotatable bonds is 2. The average molecular weight is 400 g/mol. The molecule has 0 aromatic rings. The van der Waals surface area contributed by atoms with Gasteiger partial charge in [0.05, 0.1) is 12.2 Å². The van der Waals surface area contributed by atoms with Gasteiger partial charge in [0.2, 0.25) is 0 Å². The summed E-state index contributed by atoms with van der Waals surface area (Å²) in [6.07, 6.45) is 5.45. The van der Waals surface area contributed by atoms with E-state index in [2.05, 4.69) is 25.3 Å². The maximum absolute atomic E-state index is 12.2. The van der Waals surface area contributed by atoms with Gasteiger partial charge in [-0.1, -0.05) is 20.4 Å². The van der Waals surface area contributed by atoms with Gasteiger partial charge in [-0.05, 0) is 56.1 Å². The molecule has 5 nitrogen and oxygen atoms in total. The highest BCUT2D eigenvalue weighted by atomic mass is 16.5. The number of esters is 1. The zero-order chi connectivity index (χ0) is 20.1. The second kappa shape index (κ2) is 4.94. The Balaban J connectivity index is 1.50. The molecule has 158 valence electrons. The van der Waals surface area contributed by atoms with Crippen LogP contribution in [0.2, 0.25) is 0 Å². The van der Waals surface area contributed by atoms with E-state index in [0.29, 0.717) is 17.9 Å². The second-order valence-electron chi connectivity index (χ2n) is 11.5. The number of ether oxygens (including phenoxy) is 2. The molecular formula is C24H33NO4. The molecular weight excluding hydrogens is 366 g/mol. The van der Waals surface area contributed by atoms with Crippen LogP contribution in [-0.4, -0.2) is 53.1 Å². The Labute approximate surface area is 172 Å². The quantitative estimate of drug-likeness (QED) is 0.572. The van der Waals surface area contributed by atoms with E-state index in [1.807, 2.05) is 0 Å². The SMILES string of the molecule is C=C1[C@H]2CC[C@@]3([C@@H]1O)[C@@H]([C@H]2OC(C)=O)[C@]12[C@@H]4CC[C@]5(C)[C@H]1C[C@H]3[C@@H]2N(CC)[C@@H]5O4. The van der Waals surface area contributed by atoms with E-state index in [1.165, 1.54) is 12.8 Å². The molecule has 6 aliphatic carbocycles. The Morgan fingerprint density at radius 1 is 1.38 bits per heavy atom. The molecule has 4 aliphatic heterocycles. The normalized spacial score (nSPS) is 63.3. The summed E-state index contributed by atoms with van der Waals surface area (Å²) >= 11 is 0. The minimum atomic E-state index is -0.465. The molecule has 0 radical (unpaired) electrons. The van der Waals surface area contributed by atoms with Crippen LogP contribution in [-0.2, 0) is 14.3 Å². The lowest BCUT2D eigenvalue weighted by molar-refractivity contribution is -0.380. The lowest BCUT2D eigenvalue weighted by Gasteiger charge is -2.75. The van der Waals surface area contributed by atoms with Gasteiger partial charge in [0, 0.05) is 41.0 Å². The van der Waals surface area contributed by atoms with Gasteiger partial charge in [0.25, 0.3) is 0 Å². The van der Waals surface area contributed by atoms with Gasteiger partial charge < -0.3 is 14.6 Å². The topological polar surface area (TPSA) is 59.0 Å². The molecule has 5 heteroatoms. The first-order valence-electron chi connectivity index (χ1n) is 11.8. The highest BCUT2D eigenvalue weighted by Crippen LogP contribution is 2.86. The zero-order valence-electron chi connectivity index (χ0n) is 17.8. The number of piperidine rings is 1. The van der Waals surface area contributed by atoms with Crippen LogP contribution in [0.15, 0.2) is 12.2 Å². The molecule has 0 unspecified atom stereocenters. The standard InChI is InChI=1S/C24H33NO4/c1-5-25-19-14-10-15-22(4)8-7-16(29-21(22)25)24(15,19)18-17(28-12(3)26)13-6-9-23(14,18)20(27)11(13)2/h13-21,27H,2,5-10H2,1,3-4H3/t13-,14+,15-,16+,17+,18-,19+,20-,21-,22-,23+,24-/m1/s1. The predicted octanol–water partition coefficient (Wildman–Crippen LogP) is 2.73. The summed E-state index contributed by atoms with van der Waals surface area (Å²) in [6.45, 7) is 11.6. The van der Waals surface area contributed by atoms with Crippen molar-refractivity contribution in [3.63, 3.8) is 0 Å².